The largest absolute Gasteiger partial charge is 0.477 e. The molecule has 0 unspecified atom stereocenters. The van der Waals surface area contributed by atoms with Crippen molar-refractivity contribution in [3.05, 3.63) is 64.2 Å². The van der Waals surface area contributed by atoms with E-state index in [1.54, 1.807) is 12.1 Å². The van der Waals surface area contributed by atoms with E-state index in [4.69, 9.17) is 4.74 Å². The van der Waals surface area contributed by atoms with Gasteiger partial charge in [0, 0.05) is 22.7 Å². The molecular formula is C19H16FNO3. The molecule has 1 aromatic heterocycles. The van der Waals surface area contributed by atoms with Gasteiger partial charge in [-0.2, -0.15) is 0 Å². The summed E-state index contributed by atoms with van der Waals surface area (Å²) in [4.78, 5) is 15.6. The highest BCUT2D eigenvalue weighted by Gasteiger charge is 2.40. The lowest BCUT2D eigenvalue weighted by molar-refractivity contribution is -0.0509. The Labute approximate surface area is 139 Å². The summed E-state index contributed by atoms with van der Waals surface area (Å²) in [5.41, 5.74) is 2.28. The number of carboxylic acid groups (broad SMARTS) is 1. The van der Waals surface area contributed by atoms with Gasteiger partial charge in [-0.15, -0.1) is 0 Å². The predicted octanol–water partition coefficient (Wildman–Crippen LogP) is 2.92. The van der Waals surface area contributed by atoms with E-state index in [1.165, 1.54) is 18.3 Å². The van der Waals surface area contributed by atoms with E-state index in [9.17, 15) is 14.3 Å². The van der Waals surface area contributed by atoms with Crippen LogP contribution in [-0.4, -0.2) is 29.3 Å². The minimum absolute atomic E-state index is 0.0367. The predicted molar refractivity (Wildman–Crippen MR) is 86.5 cm³/mol. The Morgan fingerprint density at radius 1 is 1.38 bits per heavy atom. The molecule has 0 atom stereocenters. The molecule has 1 saturated heterocycles. The number of carboxylic acids is 1. The second-order valence-corrected chi connectivity index (χ2v) is 6.14. The zero-order valence-corrected chi connectivity index (χ0v) is 13.4. The Kier molecular flexibility index (Phi) is 4.08. The number of nitrogens with zero attached hydrogens (tertiary/aromatic N) is 1. The Morgan fingerprint density at radius 3 is 2.71 bits per heavy atom. The molecule has 1 N–H and O–H groups in total. The molecule has 2 heterocycles. The monoisotopic (exact) mass is 325 g/mol. The van der Waals surface area contributed by atoms with Crippen LogP contribution in [0.5, 0.6) is 0 Å². The number of hydrogen-bond acceptors (Lipinski definition) is 3. The first-order chi connectivity index (χ1) is 11.4. The molecule has 0 bridgehead atoms. The standard InChI is InChI=1S/C19H16FNO3/c1-12-14(7-6-13-4-3-5-15(20)8-13)9-21-17(18(22)23)16(12)19(2)10-24-11-19/h3-5,8-9H,10-11H2,1-2H3,(H,22,23). The highest BCUT2D eigenvalue weighted by molar-refractivity contribution is 5.88. The lowest BCUT2D eigenvalue weighted by atomic mass is 9.76. The Balaban J connectivity index is 2.08. The summed E-state index contributed by atoms with van der Waals surface area (Å²) in [7, 11) is 0. The lowest BCUT2D eigenvalue weighted by Crippen LogP contribution is -2.45. The number of ether oxygens (including phenoxy) is 1. The third-order valence-electron chi connectivity index (χ3n) is 4.15. The molecule has 1 aromatic carbocycles. The third-order valence-corrected chi connectivity index (χ3v) is 4.15. The van der Waals surface area contributed by atoms with Gasteiger partial charge in [-0.1, -0.05) is 24.8 Å². The first-order valence-electron chi connectivity index (χ1n) is 7.49. The molecular weight excluding hydrogens is 309 g/mol. The first-order valence-corrected chi connectivity index (χ1v) is 7.49. The Morgan fingerprint density at radius 2 is 2.12 bits per heavy atom. The zero-order valence-electron chi connectivity index (χ0n) is 13.4. The van der Waals surface area contributed by atoms with Gasteiger partial charge in [0.15, 0.2) is 5.69 Å². The second-order valence-electron chi connectivity index (χ2n) is 6.14. The molecule has 0 aliphatic carbocycles. The Hall–Kier alpha value is -2.71. The van der Waals surface area contributed by atoms with Gasteiger partial charge >= 0.3 is 5.97 Å². The molecule has 122 valence electrons. The van der Waals surface area contributed by atoms with Crippen LogP contribution in [0.3, 0.4) is 0 Å². The maximum atomic E-state index is 13.2. The summed E-state index contributed by atoms with van der Waals surface area (Å²) in [6.07, 6.45) is 1.46. The van der Waals surface area contributed by atoms with Crippen LogP contribution >= 0.6 is 0 Å². The fourth-order valence-electron chi connectivity index (χ4n) is 2.89. The van der Waals surface area contributed by atoms with Crippen molar-refractivity contribution in [3.63, 3.8) is 0 Å². The van der Waals surface area contributed by atoms with E-state index >= 15 is 0 Å². The van der Waals surface area contributed by atoms with Crippen molar-refractivity contribution in [1.82, 2.24) is 4.98 Å². The van der Waals surface area contributed by atoms with E-state index in [1.807, 2.05) is 13.8 Å². The number of aromatic nitrogens is 1. The van der Waals surface area contributed by atoms with Crippen LogP contribution in [0.25, 0.3) is 0 Å². The van der Waals surface area contributed by atoms with Crippen molar-refractivity contribution >= 4 is 5.97 Å². The van der Waals surface area contributed by atoms with Gasteiger partial charge in [-0.3, -0.25) is 0 Å². The highest BCUT2D eigenvalue weighted by atomic mass is 19.1. The molecule has 4 nitrogen and oxygen atoms in total. The zero-order chi connectivity index (χ0) is 17.3. The quantitative estimate of drug-likeness (QED) is 0.863. The van der Waals surface area contributed by atoms with Crippen LogP contribution in [0.4, 0.5) is 4.39 Å². The van der Waals surface area contributed by atoms with Gasteiger partial charge in [0.2, 0.25) is 0 Å². The molecule has 0 amide bonds. The molecule has 5 heteroatoms. The summed E-state index contributed by atoms with van der Waals surface area (Å²) >= 11 is 0. The molecule has 1 aliphatic rings. The van der Waals surface area contributed by atoms with Crippen LogP contribution in [0.15, 0.2) is 30.5 Å². The maximum Gasteiger partial charge on any atom is 0.354 e. The summed E-state index contributed by atoms with van der Waals surface area (Å²) in [6, 6.07) is 6.02. The average Bonchev–Trinajstić information content (AvgIpc) is 2.51. The number of carbonyl (C=O) groups is 1. The number of hydrogen-bond donors (Lipinski definition) is 1. The van der Waals surface area contributed by atoms with E-state index in [0.717, 1.165) is 5.56 Å². The van der Waals surface area contributed by atoms with Crippen molar-refractivity contribution in [2.24, 2.45) is 0 Å². The molecule has 3 rings (SSSR count). The fourth-order valence-corrected chi connectivity index (χ4v) is 2.89. The number of aromatic carboxylic acids is 1. The summed E-state index contributed by atoms with van der Waals surface area (Å²) < 4.78 is 18.5. The molecule has 1 aliphatic heterocycles. The minimum Gasteiger partial charge on any atom is -0.477 e. The van der Waals surface area contributed by atoms with Crippen molar-refractivity contribution in [3.8, 4) is 11.8 Å². The van der Waals surface area contributed by atoms with E-state index in [-0.39, 0.29) is 16.9 Å². The first kappa shape index (κ1) is 16.2. The topological polar surface area (TPSA) is 59.4 Å². The molecule has 1 fully saturated rings. The summed E-state index contributed by atoms with van der Waals surface area (Å²) in [5, 5.41) is 9.42. The van der Waals surface area contributed by atoms with Gasteiger partial charge in [-0.25, -0.2) is 14.2 Å². The minimum atomic E-state index is -1.06. The van der Waals surface area contributed by atoms with Gasteiger partial charge in [0.05, 0.1) is 13.2 Å². The average molecular weight is 325 g/mol. The van der Waals surface area contributed by atoms with E-state index < -0.39 is 5.97 Å². The van der Waals surface area contributed by atoms with Crippen molar-refractivity contribution < 1.29 is 19.0 Å². The molecule has 24 heavy (non-hydrogen) atoms. The van der Waals surface area contributed by atoms with Crippen molar-refractivity contribution in [2.75, 3.05) is 13.2 Å². The van der Waals surface area contributed by atoms with Crippen LogP contribution in [0.2, 0.25) is 0 Å². The van der Waals surface area contributed by atoms with Gasteiger partial charge < -0.3 is 9.84 Å². The van der Waals surface area contributed by atoms with E-state index in [2.05, 4.69) is 16.8 Å². The van der Waals surface area contributed by atoms with E-state index in [0.29, 0.717) is 29.9 Å². The van der Waals surface area contributed by atoms with Crippen LogP contribution < -0.4 is 0 Å². The van der Waals surface area contributed by atoms with Crippen molar-refractivity contribution in [2.45, 2.75) is 19.3 Å². The number of halogens is 1. The van der Waals surface area contributed by atoms with Crippen LogP contribution in [0.1, 0.15) is 39.7 Å². The van der Waals surface area contributed by atoms with Crippen molar-refractivity contribution in [1.29, 1.82) is 0 Å². The summed E-state index contributed by atoms with van der Waals surface area (Å²) in [5.74, 6) is 4.45. The third kappa shape index (κ3) is 2.89. The van der Waals surface area contributed by atoms with Gasteiger partial charge in [0.25, 0.3) is 0 Å². The SMILES string of the molecule is Cc1c(C#Cc2cccc(F)c2)cnc(C(=O)O)c1C1(C)COC1. The summed E-state index contributed by atoms with van der Waals surface area (Å²) in [6.45, 7) is 4.70. The molecule has 2 aromatic rings. The number of rotatable bonds is 2. The molecule has 0 radical (unpaired) electrons. The van der Waals surface area contributed by atoms with Gasteiger partial charge in [0.1, 0.15) is 5.82 Å². The molecule has 0 spiro atoms. The smallest absolute Gasteiger partial charge is 0.354 e. The lowest BCUT2D eigenvalue weighted by Gasteiger charge is -2.40. The van der Waals surface area contributed by atoms with Crippen LogP contribution in [-0.2, 0) is 10.2 Å². The maximum absolute atomic E-state index is 13.2. The number of pyridine rings is 1. The normalized spacial score (nSPS) is 15.1. The number of benzene rings is 1. The Bertz CT molecular complexity index is 876. The van der Waals surface area contributed by atoms with Gasteiger partial charge in [-0.05, 0) is 36.2 Å². The second kappa shape index (κ2) is 6.06. The molecule has 0 saturated carbocycles. The van der Waals surface area contributed by atoms with Crippen LogP contribution in [0, 0.1) is 24.6 Å². The fraction of sp³-hybridized carbons (Fsp3) is 0.263. The highest BCUT2D eigenvalue weighted by Crippen LogP contribution is 2.36.